The number of halogens is 3. The Labute approximate surface area is 99.0 Å². The fraction of sp³-hybridized carbons (Fsp3) is 0.538. The van der Waals surface area contributed by atoms with Crippen molar-refractivity contribution in [3.63, 3.8) is 0 Å². The van der Waals surface area contributed by atoms with Gasteiger partial charge in [-0.15, -0.1) is 0 Å². The zero-order valence-electron chi connectivity index (χ0n) is 9.77. The zero-order chi connectivity index (χ0) is 12.4. The number of hydrogen-bond acceptors (Lipinski definition) is 1. The monoisotopic (exact) mass is 243 g/mol. The molecule has 4 heteroatoms. The smallest absolute Gasteiger partial charge is 0.131 e. The maximum atomic E-state index is 14.1. The topological polar surface area (TPSA) is 12.0 Å². The molecule has 1 aromatic carbocycles. The van der Waals surface area contributed by atoms with E-state index in [1.165, 1.54) is 12.1 Å². The second-order valence-corrected chi connectivity index (χ2v) is 4.51. The van der Waals surface area contributed by atoms with E-state index in [0.29, 0.717) is 12.0 Å². The van der Waals surface area contributed by atoms with E-state index in [1.54, 1.807) is 0 Å². The van der Waals surface area contributed by atoms with Crippen LogP contribution < -0.4 is 5.32 Å². The standard InChI is InChI=1S/C13H16F3N/c1-2-3-8-4-9(14)5-11(13(8)16)12-6-10(15)7-17-12/h4-5,10,12,17H,2-3,6-7H2,1H3/t10-,12+/m0/s1. The Morgan fingerprint density at radius 2 is 2.12 bits per heavy atom. The molecule has 0 radical (unpaired) electrons. The summed E-state index contributed by atoms with van der Waals surface area (Å²) in [4.78, 5) is 0. The summed E-state index contributed by atoms with van der Waals surface area (Å²) >= 11 is 0. The number of alkyl halides is 1. The van der Waals surface area contributed by atoms with E-state index in [4.69, 9.17) is 0 Å². The Hall–Kier alpha value is -1.03. The van der Waals surface area contributed by atoms with Crippen LogP contribution in [0.5, 0.6) is 0 Å². The van der Waals surface area contributed by atoms with Crippen molar-refractivity contribution in [3.8, 4) is 0 Å². The first-order valence-corrected chi connectivity index (χ1v) is 5.97. The quantitative estimate of drug-likeness (QED) is 0.859. The summed E-state index contributed by atoms with van der Waals surface area (Å²) in [5.74, 6) is -0.839. The molecule has 2 atom stereocenters. The van der Waals surface area contributed by atoms with Crippen LogP contribution in [0.25, 0.3) is 0 Å². The van der Waals surface area contributed by atoms with Crippen LogP contribution in [0.1, 0.15) is 36.9 Å². The molecular formula is C13H16F3N. The van der Waals surface area contributed by atoms with Gasteiger partial charge in [-0.2, -0.15) is 0 Å². The summed E-state index contributed by atoms with van der Waals surface area (Å²) < 4.78 is 40.5. The van der Waals surface area contributed by atoms with Crippen molar-refractivity contribution in [1.82, 2.24) is 5.32 Å². The molecule has 0 unspecified atom stereocenters. The van der Waals surface area contributed by atoms with Crippen LogP contribution in [0.4, 0.5) is 13.2 Å². The Bertz CT molecular complexity index is 406. The molecule has 0 amide bonds. The first-order valence-electron chi connectivity index (χ1n) is 5.97. The van der Waals surface area contributed by atoms with Crippen LogP contribution in [0.15, 0.2) is 12.1 Å². The predicted molar refractivity (Wildman–Crippen MR) is 60.6 cm³/mol. The molecule has 94 valence electrons. The van der Waals surface area contributed by atoms with Crippen LogP contribution in [-0.2, 0) is 6.42 Å². The molecule has 1 heterocycles. The highest BCUT2D eigenvalue weighted by Gasteiger charge is 2.28. The third-order valence-electron chi connectivity index (χ3n) is 3.11. The molecule has 1 aromatic rings. The van der Waals surface area contributed by atoms with E-state index >= 15 is 0 Å². The van der Waals surface area contributed by atoms with Crippen molar-refractivity contribution >= 4 is 0 Å². The number of rotatable bonds is 3. The van der Waals surface area contributed by atoms with Crippen LogP contribution in [0.2, 0.25) is 0 Å². The zero-order valence-corrected chi connectivity index (χ0v) is 9.77. The molecule has 1 aliphatic rings. The minimum absolute atomic E-state index is 0.212. The lowest BCUT2D eigenvalue weighted by Gasteiger charge is -2.14. The van der Waals surface area contributed by atoms with Crippen molar-refractivity contribution in [1.29, 1.82) is 0 Å². The maximum Gasteiger partial charge on any atom is 0.131 e. The summed E-state index contributed by atoms with van der Waals surface area (Å²) in [5, 5.41) is 2.88. The van der Waals surface area contributed by atoms with E-state index in [-0.39, 0.29) is 24.3 Å². The minimum Gasteiger partial charge on any atom is -0.307 e. The highest BCUT2D eigenvalue weighted by Crippen LogP contribution is 2.29. The average Bonchev–Trinajstić information content (AvgIpc) is 2.70. The largest absolute Gasteiger partial charge is 0.307 e. The van der Waals surface area contributed by atoms with Gasteiger partial charge in [-0.1, -0.05) is 13.3 Å². The fourth-order valence-corrected chi connectivity index (χ4v) is 2.30. The Balaban J connectivity index is 2.32. The van der Waals surface area contributed by atoms with Gasteiger partial charge in [0.15, 0.2) is 0 Å². The molecule has 17 heavy (non-hydrogen) atoms. The lowest BCUT2D eigenvalue weighted by Crippen LogP contribution is -2.16. The molecule has 0 bridgehead atoms. The van der Waals surface area contributed by atoms with Crippen LogP contribution in [0.3, 0.4) is 0 Å². The first kappa shape index (κ1) is 12.4. The third kappa shape index (κ3) is 2.63. The molecular weight excluding hydrogens is 227 g/mol. The molecule has 1 aliphatic heterocycles. The van der Waals surface area contributed by atoms with Crippen LogP contribution in [-0.4, -0.2) is 12.7 Å². The van der Waals surface area contributed by atoms with Crippen molar-refractivity contribution in [2.75, 3.05) is 6.54 Å². The number of hydrogen-bond donors (Lipinski definition) is 1. The Morgan fingerprint density at radius 3 is 2.71 bits per heavy atom. The summed E-state index contributed by atoms with van der Waals surface area (Å²) in [7, 11) is 0. The van der Waals surface area contributed by atoms with Gasteiger partial charge in [-0.3, -0.25) is 0 Å². The molecule has 0 aromatic heterocycles. The molecule has 1 nitrogen and oxygen atoms in total. The average molecular weight is 243 g/mol. The van der Waals surface area contributed by atoms with Gasteiger partial charge in [0.2, 0.25) is 0 Å². The second kappa shape index (κ2) is 5.08. The van der Waals surface area contributed by atoms with Gasteiger partial charge in [0, 0.05) is 18.2 Å². The summed E-state index contributed by atoms with van der Waals surface area (Å²) in [6.07, 6.45) is 0.495. The van der Waals surface area contributed by atoms with Gasteiger partial charge in [-0.05, 0) is 30.5 Å². The van der Waals surface area contributed by atoms with E-state index in [2.05, 4.69) is 5.32 Å². The van der Waals surface area contributed by atoms with Crippen molar-refractivity contribution in [3.05, 3.63) is 34.9 Å². The molecule has 1 saturated heterocycles. The van der Waals surface area contributed by atoms with Crippen molar-refractivity contribution in [2.24, 2.45) is 0 Å². The highest BCUT2D eigenvalue weighted by atomic mass is 19.1. The van der Waals surface area contributed by atoms with Gasteiger partial charge in [0.25, 0.3) is 0 Å². The van der Waals surface area contributed by atoms with E-state index in [9.17, 15) is 13.2 Å². The Morgan fingerprint density at radius 1 is 1.35 bits per heavy atom. The van der Waals surface area contributed by atoms with Crippen LogP contribution in [0, 0.1) is 11.6 Å². The molecule has 1 N–H and O–H groups in total. The molecule has 0 spiro atoms. The molecule has 0 saturated carbocycles. The lowest BCUT2D eigenvalue weighted by molar-refractivity contribution is 0.355. The molecule has 1 fully saturated rings. The fourth-order valence-electron chi connectivity index (χ4n) is 2.30. The van der Waals surface area contributed by atoms with Gasteiger partial charge >= 0.3 is 0 Å². The minimum atomic E-state index is -0.975. The van der Waals surface area contributed by atoms with Crippen molar-refractivity contribution < 1.29 is 13.2 Å². The number of aryl methyl sites for hydroxylation is 1. The SMILES string of the molecule is CCCc1cc(F)cc([C@H]2C[C@H](F)CN2)c1F. The lowest BCUT2D eigenvalue weighted by atomic mass is 9.99. The predicted octanol–water partition coefficient (Wildman–Crippen LogP) is 3.29. The van der Waals surface area contributed by atoms with Gasteiger partial charge < -0.3 is 5.32 Å². The van der Waals surface area contributed by atoms with E-state index < -0.39 is 18.0 Å². The maximum absolute atomic E-state index is 14.1. The normalized spacial score (nSPS) is 24.2. The van der Waals surface area contributed by atoms with Gasteiger partial charge in [-0.25, -0.2) is 13.2 Å². The molecule has 0 aliphatic carbocycles. The first-order chi connectivity index (χ1) is 8.11. The van der Waals surface area contributed by atoms with Gasteiger partial charge in [0.1, 0.15) is 17.8 Å². The summed E-state index contributed by atoms with van der Waals surface area (Å²) in [6.45, 7) is 2.12. The Kier molecular flexibility index (Phi) is 3.72. The summed E-state index contributed by atoms with van der Waals surface area (Å²) in [6, 6.07) is 1.99. The number of benzene rings is 1. The van der Waals surface area contributed by atoms with Gasteiger partial charge in [0.05, 0.1) is 0 Å². The molecule has 2 rings (SSSR count). The van der Waals surface area contributed by atoms with Crippen LogP contribution >= 0.6 is 0 Å². The third-order valence-corrected chi connectivity index (χ3v) is 3.11. The van der Waals surface area contributed by atoms with E-state index in [1.807, 2.05) is 6.92 Å². The highest BCUT2D eigenvalue weighted by molar-refractivity contribution is 5.30. The number of nitrogens with one attached hydrogen (secondary N) is 1. The van der Waals surface area contributed by atoms with Crippen molar-refractivity contribution in [2.45, 2.75) is 38.4 Å². The summed E-state index contributed by atoms with van der Waals surface area (Å²) in [5.41, 5.74) is 0.639. The second-order valence-electron chi connectivity index (χ2n) is 4.51. The van der Waals surface area contributed by atoms with E-state index in [0.717, 1.165) is 6.42 Å².